The number of hydrogen-bond acceptors (Lipinski definition) is 6. The van der Waals surface area contributed by atoms with E-state index in [0.717, 1.165) is 6.07 Å². The van der Waals surface area contributed by atoms with Crippen LogP contribution in [0.1, 0.15) is 6.92 Å². The van der Waals surface area contributed by atoms with Gasteiger partial charge in [0.25, 0.3) is 11.6 Å². The zero-order valence-electron chi connectivity index (χ0n) is 10.8. The molecule has 1 atom stereocenters. The number of methoxy groups -OCH3 is 1. The van der Waals surface area contributed by atoms with Gasteiger partial charge in [0.15, 0.2) is 17.6 Å². The number of imide groups is 1. The number of hydrogen-bond donors (Lipinski definition) is 2. The normalized spacial score (nSPS) is 11.3. The summed E-state index contributed by atoms with van der Waals surface area (Å²) in [5.41, 5.74) is 4.58. The minimum absolute atomic E-state index is 0.00817. The van der Waals surface area contributed by atoms with Crippen molar-refractivity contribution in [2.24, 2.45) is 5.73 Å². The fourth-order valence-electron chi connectivity index (χ4n) is 1.34. The van der Waals surface area contributed by atoms with Crippen LogP contribution in [0.3, 0.4) is 0 Å². The lowest BCUT2D eigenvalue weighted by Crippen LogP contribution is -2.42. The summed E-state index contributed by atoms with van der Waals surface area (Å²) in [6.07, 6.45) is -1.08. The Morgan fingerprint density at radius 3 is 2.55 bits per heavy atom. The second-order valence-electron chi connectivity index (χ2n) is 3.71. The van der Waals surface area contributed by atoms with Gasteiger partial charge in [0.1, 0.15) is 0 Å². The Kier molecular flexibility index (Phi) is 4.84. The number of nitro benzene ring substituents is 1. The standard InChI is InChI=1S/C11H13N3O6/c1-6(10(15)13-11(12)16)20-9-5-7(14(17)18)3-4-8(9)19-2/h3-6H,1-2H3,(H3,12,13,15,16)/t6-/m0/s1. The molecule has 0 aromatic heterocycles. The average Bonchev–Trinajstić information content (AvgIpc) is 2.37. The zero-order valence-corrected chi connectivity index (χ0v) is 10.8. The number of nitrogens with zero attached hydrogens (tertiary/aromatic N) is 1. The molecule has 0 unspecified atom stereocenters. The fourth-order valence-corrected chi connectivity index (χ4v) is 1.34. The van der Waals surface area contributed by atoms with E-state index in [1.54, 1.807) is 0 Å². The topological polar surface area (TPSA) is 134 Å². The van der Waals surface area contributed by atoms with Crippen molar-refractivity contribution < 1.29 is 24.0 Å². The van der Waals surface area contributed by atoms with Gasteiger partial charge in [-0.05, 0) is 13.0 Å². The maximum absolute atomic E-state index is 11.5. The fraction of sp³-hybridized carbons (Fsp3) is 0.273. The summed E-state index contributed by atoms with van der Waals surface area (Å²) in [5, 5.41) is 12.5. The number of primary amides is 1. The molecule has 1 aromatic carbocycles. The van der Waals surface area contributed by atoms with Crippen LogP contribution >= 0.6 is 0 Å². The summed E-state index contributed by atoms with van der Waals surface area (Å²) in [5.74, 6) is -0.547. The molecule has 9 heteroatoms. The van der Waals surface area contributed by atoms with Crippen LogP contribution in [0.15, 0.2) is 18.2 Å². The molecule has 0 aliphatic rings. The number of nitro groups is 1. The van der Waals surface area contributed by atoms with Gasteiger partial charge in [-0.15, -0.1) is 0 Å². The predicted octanol–water partition coefficient (Wildman–Crippen LogP) is 0.566. The van der Waals surface area contributed by atoms with E-state index in [9.17, 15) is 19.7 Å². The summed E-state index contributed by atoms with van der Waals surface area (Å²) in [7, 11) is 1.35. The molecule has 9 nitrogen and oxygen atoms in total. The van der Waals surface area contributed by atoms with Crippen molar-refractivity contribution >= 4 is 17.6 Å². The van der Waals surface area contributed by atoms with Gasteiger partial charge in [-0.3, -0.25) is 20.2 Å². The molecule has 0 fully saturated rings. The molecule has 3 N–H and O–H groups in total. The van der Waals surface area contributed by atoms with Gasteiger partial charge in [0, 0.05) is 6.07 Å². The summed E-state index contributed by atoms with van der Waals surface area (Å²) >= 11 is 0. The molecule has 1 rings (SSSR count). The van der Waals surface area contributed by atoms with Crippen molar-refractivity contribution in [3.8, 4) is 11.5 Å². The first-order valence-electron chi connectivity index (χ1n) is 5.44. The highest BCUT2D eigenvalue weighted by Gasteiger charge is 2.20. The van der Waals surface area contributed by atoms with Crippen LogP contribution in [0.2, 0.25) is 0 Å². The number of urea groups is 1. The summed E-state index contributed by atoms with van der Waals surface area (Å²) in [6, 6.07) is 2.68. The lowest BCUT2D eigenvalue weighted by molar-refractivity contribution is -0.385. The van der Waals surface area contributed by atoms with Gasteiger partial charge in [0.2, 0.25) is 0 Å². The van der Waals surface area contributed by atoms with Gasteiger partial charge < -0.3 is 15.2 Å². The summed E-state index contributed by atoms with van der Waals surface area (Å²) in [6.45, 7) is 1.36. The lowest BCUT2D eigenvalue weighted by atomic mass is 10.2. The van der Waals surface area contributed by atoms with Crippen molar-refractivity contribution in [3.63, 3.8) is 0 Å². The third kappa shape index (κ3) is 3.83. The molecule has 0 bridgehead atoms. The van der Waals surface area contributed by atoms with E-state index in [1.165, 1.54) is 26.2 Å². The van der Waals surface area contributed by atoms with Crippen molar-refractivity contribution in [1.29, 1.82) is 0 Å². The third-order valence-electron chi connectivity index (χ3n) is 2.28. The molecule has 0 saturated carbocycles. The van der Waals surface area contributed by atoms with Crippen molar-refractivity contribution in [2.75, 3.05) is 7.11 Å². The van der Waals surface area contributed by atoms with Crippen molar-refractivity contribution in [1.82, 2.24) is 5.32 Å². The highest BCUT2D eigenvalue weighted by atomic mass is 16.6. The molecule has 0 radical (unpaired) electrons. The Balaban J connectivity index is 2.94. The highest BCUT2D eigenvalue weighted by molar-refractivity contribution is 5.95. The van der Waals surface area contributed by atoms with Gasteiger partial charge in [-0.2, -0.15) is 0 Å². The van der Waals surface area contributed by atoms with Crippen LogP contribution in [-0.4, -0.2) is 30.1 Å². The molecular weight excluding hydrogens is 270 g/mol. The minimum Gasteiger partial charge on any atom is -0.493 e. The van der Waals surface area contributed by atoms with Gasteiger partial charge in [0.05, 0.1) is 18.1 Å². The van der Waals surface area contributed by atoms with Crippen LogP contribution in [0.4, 0.5) is 10.5 Å². The van der Waals surface area contributed by atoms with Gasteiger partial charge >= 0.3 is 6.03 Å². The molecule has 1 aromatic rings. The number of non-ortho nitro benzene ring substituents is 1. The lowest BCUT2D eigenvalue weighted by Gasteiger charge is -2.15. The maximum atomic E-state index is 11.5. The van der Waals surface area contributed by atoms with Gasteiger partial charge in [-0.25, -0.2) is 4.79 Å². The average molecular weight is 283 g/mol. The van der Waals surface area contributed by atoms with Crippen molar-refractivity contribution in [2.45, 2.75) is 13.0 Å². The second-order valence-corrected chi connectivity index (χ2v) is 3.71. The van der Waals surface area contributed by atoms with Crippen LogP contribution in [0.25, 0.3) is 0 Å². The van der Waals surface area contributed by atoms with E-state index >= 15 is 0 Å². The zero-order chi connectivity index (χ0) is 15.3. The Morgan fingerprint density at radius 2 is 2.05 bits per heavy atom. The first-order valence-corrected chi connectivity index (χ1v) is 5.44. The number of rotatable bonds is 5. The van der Waals surface area contributed by atoms with E-state index in [1.807, 2.05) is 5.32 Å². The molecular formula is C11H13N3O6. The number of amides is 3. The monoisotopic (exact) mass is 283 g/mol. The third-order valence-corrected chi connectivity index (χ3v) is 2.28. The Hall–Kier alpha value is -2.84. The highest BCUT2D eigenvalue weighted by Crippen LogP contribution is 2.31. The van der Waals surface area contributed by atoms with Crippen LogP contribution in [-0.2, 0) is 4.79 Å². The van der Waals surface area contributed by atoms with E-state index in [-0.39, 0.29) is 17.2 Å². The first-order chi connectivity index (χ1) is 9.35. The van der Waals surface area contributed by atoms with Crippen LogP contribution in [0.5, 0.6) is 11.5 Å². The number of nitrogens with two attached hydrogens (primary N) is 1. The van der Waals surface area contributed by atoms with Crippen LogP contribution < -0.4 is 20.5 Å². The number of nitrogens with one attached hydrogen (secondary N) is 1. The van der Waals surface area contributed by atoms with E-state index in [4.69, 9.17) is 15.2 Å². The molecule has 3 amide bonds. The summed E-state index contributed by atoms with van der Waals surface area (Å²) < 4.78 is 10.2. The second kappa shape index (κ2) is 6.36. The maximum Gasteiger partial charge on any atom is 0.318 e. The number of benzene rings is 1. The van der Waals surface area contributed by atoms with Gasteiger partial charge in [-0.1, -0.05) is 0 Å². The Bertz CT molecular complexity index is 545. The quantitative estimate of drug-likeness (QED) is 0.599. The van der Waals surface area contributed by atoms with E-state index in [0.29, 0.717) is 0 Å². The molecule has 108 valence electrons. The van der Waals surface area contributed by atoms with Crippen molar-refractivity contribution in [3.05, 3.63) is 28.3 Å². The summed E-state index contributed by atoms with van der Waals surface area (Å²) in [4.78, 5) is 32.1. The smallest absolute Gasteiger partial charge is 0.318 e. The Morgan fingerprint density at radius 1 is 1.40 bits per heavy atom. The molecule has 0 spiro atoms. The Labute approximate surface area is 113 Å². The largest absolute Gasteiger partial charge is 0.493 e. The molecule has 0 aliphatic carbocycles. The molecule has 0 heterocycles. The number of carbonyl (C=O) groups is 2. The molecule has 0 aliphatic heterocycles. The number of carbonyl (C=O) groups excluding carboxylic acids is 2. The van der Waals surface area contributed by atoms with Crippen LogP contribution in [0, 0.1) is 10.1 Å². The minimum atomic E-state index is -1.08. The SMILES string of the molecule is COc1ccc([N+](=O)[O-])cc1O[C@@H](C)C(=O)NC(N)=O. The van der Waals surface area contributed by atoms with E-state index < -0.39 is 23.0 Å². The predicted molar refractivity (Wildman–Crippen MR) is 67.5 cm³/mol. The molecule has 0 saturated heterocycles. The van der Waals surface area contributed by atoms with E-state index in [2.05, 4.69) is 0 Å². The number of ether oxygens (including phenoxy) is 2. The molecule has 20 heavy (non-hydrogen) atoms. The first kappa shape index (κ1) is 15.2.